The number of thiazole rings is 2. The first-order valence-electron chi connectivity index (χ1n) is 17.9. The van der Waals surface area contributed by atoms with Gasteiger partial charge in [0.15, 0.2) is 27.6 Å². The molecule has 1 aliphatic carbocycles. The van der Waals surface area contributed by atoms with Gasteiger partial charge in [0.1, 0.15) is 0 Å². The van der Waals surface area contributed by atoms with Gasteiger partial charge in [0, 0.05) is 49.2 Å². The summed E-state index contributed by atoms with van der Waals surface area (Å²) in [5.41, 5.74) is 5.57. The number of hydrogen-bond acceptors (Lipinski definition) is 12. The number of methoxy groups -OCH3 is 1. The van der Waals surface area contributed by atoms with E-state index >= 15 is 0 Å². The lowest BCUT2D eigenvalue weighted by Crippen LogP contribution is -2.29. The van der Waals surface area contributed by atoms with Crippen molar-refractivity contribution in [1.29, 1.82) is 0 Å². The van der Waals surface area contributed by atoms with Crippen LogP contribution in [-0.4, -0.2) is 62.8 Å². The van der Waals surface area contributed by atoms with Crippen LogP contribution in [0.25, 0.3) is 20.7 Å². The van der Waals surface area contributed by atoms with Crippen molar-refractivity contribution in [3.05, 3.63) is 53.0 Å². The predicted octanol–water partition coefficient (Wildman–Crippen LogP) is 8.79. The van der Waals surface area contributed by atoms with Crippen molar-refractivity contribution < 1.29 is 14.3 Å². The number of esters is 1. The molecule has 0 radical (unpaired) electrons. The van der Waals surface area contributed by atoms with E-state index < -0.39 is 5.97 Å². The van der Waals surface area contributed by atoms with Gasteiger partial charge in [0.25, 0.3) is 0 Å². The number of nitrogens with zero attached hydrogens (tertiary/aromatic N) is 7. The molecule has 2 aliphatic rings. The van der Waals surface area contributed by atoms with E-state index in [1.165, 1.54) is 56.3 Å². The highest BCUT2D eigenvalue weighted by Crippen LogP contribution is 2.44. The third-order valence-corrected chi connectivity index (χ3v) is 12.4. The Morgan fingerprint density at radius 2 is 1.84 bits per heavy atom. The van der Waals surface area contributed by atoms with E-state index in [0.29, 0.717) is 23.2 Å². The number of nitrogens with one attached hydrogen (secondary N) is 1. The normalized spacial score (nSPS) is 16.0. The highest BCUT2D eigenvalue weighted by atomic mass is 32.1. The van der Waals surface area contributed by atoms with Crippen molar-refractivity contribution in [2.75, 3.05) is 37.1 Å². The summed E-state index contributed by atoms with van der Waals surface area (Å²) >= 11 is 3.08. The molecule has 0 spiro atoms. The molecule has 0 saturated heterocycles. The Morgan fingerprint density at radius 1 is 1.04 bits per heavy atom. The molecule has 0 amide bonds. The molecular weight excluding hydrogens is 669 g/mol. The third-order valence-electron chi connectivity index (χ3n) is 10.3. The van der Waals surface area contributed by atoms with Crippen molar-refractivity contribution in [1.82, 2.24) is 29.9 Å². The minimum Gasteiger partial charge on any atom is -0.461 e. The lowest BCUT2D eigenvalue weighted by molar-refractivity contribution is 0.0521. The van der Waals surface area contributed by atoms with Gasteiger partial charge in [-0.3, -0.25) is 4.68 Å². The van der Waals surface area contributed by atoms with E-state index in [-0.39, 0.29) is 12.0 Å². The average Bonchev–Trinajstić information content (AvgIpc) is 3.89. The number of carbonyl (C=O) groups is 1. The fourth-order valence-electron chi connectivity index (χ4n) is 7.55. The zero-order valence-corrected chi connectivity index (χ0v) is 31.1. The maximum absolute atomic E-state index is 13.4. The zero-order valence-electron chi connectivity index (χ0n) is 29.5. The van der Waals surface area contributed by atoms with Crippen LogP contribution in [0.1, 0.15) is 92.0 Å². The van der Waals surface area contributed by atoms with Crippen LogP contribution in [0.5, 0.6) is 0 Å². The Labute approximate surface area is 301 Å². The van der Waals surface area contributed by atoms with Crippen LogP contribution in [0.3, 0.4) is 0 Å². The molecule has 7 rings (SSSR count). The van der Waals surface area contributed by atoms with Crippen LogP contribution in [0.15, 0.2) is 30.5 Å². The van der Waals surface area contributed by atoms with Crippen molar-refractivity contribution in [2.45, 2.75) is 91.5 Å². The van der Waals surface area contributed by atoms with Crippen molar-refractivity contribution in [2.24, 2.45) is 5.41 Å². The number of anilines is 4. The quantitative estimate of drug-likeness (QED) is 0.0992. The number of rotatable bonds is 12. The first-order valence-corrected chi connectivity index (χ1v) is 19.5. The number of aromatic nitrogens is 6. The fraction of sp³-hybridized carbons (Fsp3) is 0.514. The van der Waals surface area contributed by atoms with E-state index in [9.17, 15) is 4.79 Å². The van der Waals surface area contributed by atoms with Crippen LogP contribution >= 0.6 is 22.7 Å². The predicted molar refractivity (Wildman–Crippen MR) is 200 cm³/mol. The summed E-state index contributed by atoms with van der Waals surface area (Å²) in [6.45, 7) is 8.61. The molecule has 11 nitrogen and oxygen atoms in total. The molecule has 0 unspecified atom stereocenters. The van der Waals surface area contributed by atoms with Crippen molar-refractivity contribution in [3.8, 4) is 10.4 Å². The van der Waals surface area contributed by atoms with Gasteiger partial charge in [-0.2, -0.15) is 5.10 Å². The largest absolute Gasteiger partial charge is 0.461 e. The van der Waals surface area contributed by atoms with Crippen LogP contribution in [0.4, 0.5) is 21.9 Å². The molecule has 1 aliphatic heterocycles. The van der Waals surface area contributed by atoms with Gasteiger partial charge in [-0.05, 0) is 70.4 Å². The molecule has 1 fully saturated rings. The summed E-state index contributed by atoms with van der Waals surface area (Å²) in [4.78, 5) is 25.9. The topological polar surface area (TPSA) is 120 Å². The van der Waals surface area contributed by atoms with Crippen LogP contribution < -0.4 is 10.2 Å². The Bertz CT molecular complexity index is 1930. The summed E-state index contributed by atoms with van der Waals surface area (Å²) in [5.74, 6) is 1.04. The van der Waals surface area contributed by atoms with Gasteiger partial charge >= 0.3 is 5.97 Å². The molecule has 264 valence electrons. The van der Waals surface area contributed by atoms with Crippen LogP contribution in [0, 0.1) is 19.3 Å². The summed E-state index contributed by atoms with van der Waals surface area (Å²) in [6.07, 6.45) is 13.7. The zero-order chi connectivity index (χ0) is 34.7. The van der Waals surface area contributed by atoms with Gasteiger partial charge in [-0.25, -0.2) is 14.8 Å². The number of fused-ring (bicyclic) bond motifs is 2. The molecule has 13 heteroatoms. The Kier molecular flexibility index (Phi) is 10.4. The Morgan fingerprint density at radius 3 is 2.62 bits per heavy atom. The van der Waals surface area contributed by atoms with E-state index in [4.69, 9.17) is 24.5 Å². The second kappa shape index (κ2) is 15.1. The smallest absolute Gasteiger partial charge is 0.358 e. The molecule has 5 heterocycles. The van der Waals surface area contributed by atoms with E-state index in [1.807, 2.05) is 31.3 Å². The number of ether oxygens (including phenoxy) is 2. The lowest BCUT2D eigenvalue weighted by atomic mass is 9.73. The van der Waals surface area contributed by atoms with Crippen molar-refractivity contribution in [3.63, 3.8) is 0 Å². The van der Waals surface area contributed by atoms with Crippen LogP contribution in [-0.2, 0) is 22.4 Å². The van der Waals surface area contributed by atoms with Gasteiger partial charge < -0.3 is 19.7 Å². The molecule has 1 N–H and O–H groups in total. The summed E-state index contributed by atoms with van der Waals surface area (Å²) in [6, 6.07) is 8.09. The first-order chi connectivity index (χ1) is 24.4. The Hall–Kier alpha value is -3.94. The van der Waals surface area contributed by atoms with Gasteiger partial charge in [-0.15, -0.1) is 10.2 Å². The molecule has 1 saturated carbocycles. The molecule has 0 bridgehead atoms. The second-order valence-electron chi connectivity index (χ2n) is 13.5. The van der Waals surface area contributed by atoms with E-state index in [2.05, 4.69) is 45.0 Å². The van der Waals surface area contributed by atoms with E-state index in [0.717, 1.165) is 80.8 Å². The molecule has 0 atom stereocenters. The van der Waals surface area contributed by atoms with Gasteiger partial charge in [0.05, 0.1) is 27.9 Å². The number of carbonyl (C=O) groups excluding carboxylic acids is 1. The number of hydrogen-bond donors (Lipinski definition) is 1. The maximum atomic E-state index is 13.4. The standard InChI is InChI=1S/C37H46N8O3S2/c1-5-48-34(46)30-31(27-22-38-45(25(27)3)23-37(19-13-21-47-4)17-11-7-6-8-12-18-37)50-36(40-30)44-20-16-26-24(2)32(42-43-33(26)44)41-35-39-28-14-9-10-15-29(28)49-35/h9-10,14-15,22H,5-8,11-13,16-21,23H2,1-4H3,(H,39,41,42). The SMILES string of the molecule is CCOC(=O)c1nc(N2CCc3c2nnc(Nc2nc4ccccc4s2)c3C)sc1-c1cnn(CC2(CCCOC)CCCCCCC2)c1C. The number of benzene rings is 1. The third kappa shape index (κ3) is 7.00. The molecular formula is C37H46N8O3S2. The second-order valence-corrected chi connectivity index (χ2v) is 15.6. The highest BCUT2D eigenvalue weighted by Gasteiger charge is 2.34. The minimum atomic E-state index is -0.426. The highest BCUT2D eigenvalue weighted by molar-refractivity contribution is 7.22. The summed E-state index contributed by atoms with van der Waals surface area (Å²) in [7, 11) is 1.79. The molecule has 1 aromatic carbocycles. The monoisotopic (exact) mass is 714 g/mol. The molecule has 4 aromatic heterocycles. The summed E-state index contributed by atoms with van der Waals surface area (Å²) < 4.78 is 14.3. The minimum absolute atomic E-state index is 0.187. The average molecular weight is 715 g/mol. The van der Waals surface area contributed by atoms with Crippen LogP contribution in [0.2, 0.25) is 0 Å². The number of para-hydroxylation sites is 1. The maximum Gasteiger partial charge on any atom is 0.358 e. The molecule has 5 aromatic rings. The van der Waals surface area contributed by atoms with Gasteiger partial charge in [-0.1, -0.05) is 66.9 Å². The summed E-state index contributed by atoms with van der Waals surface area (Å²) in [5, 5.41) is 19.1. The molecule has 50 heavy (non-hydrogen) atoms. The van der Waals surface area contributed by atoms with Gasteiger partial charge in [0.2, 0.25) is 0 Å². The lowest BCUT2D eigenvalue weighted by Gasteiger charge is -2.36. The Balaban J connectivity index is 1.18. The fourth-order valence-corrected chi connectivity index (χ4v) is 9.55. The van der Waals surface area contributed by atoms with Crippen molar-refractivity contribution >= 4 is 60.8 Å². The first kappa shape index (κ1) is 34.5. The van der Waals surface area contributed by atoms with E-state index in [1.54, 1.807) is 18.4 Å².